The van der Waals surface area contributed by atoms with Gasteiger partial charge in [0.05, 0.1) is 0 Å². The minimum absolute atomic E-state index is 0.259. The molecule has 0 heterocycles. The number of rotatable bonds is 8. The van der Waals surface area contributed by atoms with Crippen molar-refractivity contribution in [2.75, 3.05) is 12.0 Å². The van der Waals surface area contributed by atoms with Crippen LogP contribution in [-0.4, -0.2) is 43.6 Å². The van der Waals surface area contributed by atoms with Gasteiger partial charge in [0.1, 0.15) is 6.04 Å². The van der Waals surface area contributed by atoms with Crippen LogP contribution in [0.3, 0.4) is 0 Å². The third-order valence-electron chi connectivity index (χ3n) is 1.60. The zero-order chi connectivity index (χ0) is 12.8. The van der Waals surface area contributed by atoms with E-state index in [-0.39, 0.29) is 12.5 Å². The molecule has 0 aromatic carbocycles. The van der Waals surface area contributed by atoms with E-state index in [0.29, 0.717) is 5.75 Å². The van der Waals surface area contributed by atoms with Gasteiger partial charge in [-0.3, -0.25) is 4.79 Å². The van der Waals surface area contributed by atoms with Crippen LogP contribution in [0.2, 0.25) is 0 Å². The van der Waals surface area contributed by atoms with Crippen molar-refractivity contribution in [3.8, 4) is 0 Å². The van der Waals surface area contributed by atoms with Crippen molar-refractivity contribution in [3.05, 3.63) is 0 Å². The fourth-order valence-corrected chi connectivity index (χ4v) is 2.75. The van der Waals surface area contributed by atoms with Crippen LogP contribution in [0.25, 0.3) is 0 Å². The molecule has 0 aromatic rings. The molecule has 0 rings (SSSR count). The van der Waals surface area contributed by atoms with Crippen LogP contribution in [0.5, 0.6) is 0 Å². The lowest BCUT2D eigenvalue weighted by Gasteiger charge is -2.16. The average molecular weight is 270 g/mol. The van der Waals surface area contributed by atoms with Crippen LogP contribution >= 0.6 is 11.8 Å². The minimum atomic E-state index is -3.75. The summed E-state index contributed by atoms with van der Waals surface area (Å²) >= 11 is 1.47. The fraction of sp³-hybridized carbons (Fsp3) is 0.875. The number of carboxylic acid groups (broad SMARTS) is 1. The third kappa shape index (κ3) is 7.04. The predicted molar refractivity (Wildman–Crippen MR) is 64.8 cm³/mol. The molecule has 0 aliphatic carbocycles. The first-order valence-corrected chi connectivity index (χ1v) is 7.67. The highest BCUT2D eigenvalue weighted by molar-refractivity contribution is 7.98. The zero-order valence-electron chi connectivity index (χ0n) is 9.56. The van der Waals surface area contributed by atoms with E-state index in [9.17, 15) is 13.2 Å². The van der Waals surface area contributed by atoms with Gasteiger partial charge in [0.2, 0.25) is 0 Å². The summed E-state index contributed by atoms with van der Waals surface area (Å²) in [5, 5.41) is 8.83. The van der Waals surface area contributed by atoms with Gasteiger partial charge in [-0.2, -0.15) is 29.6 Å². The maximum Gasteiger partial charge on any atom is 0.321 e. The summed E-state index contributed by atoms with van der Waals surface area (Å²) in [6.45, 7) is 3.33. The number of aliphatic carboxylic acids is 1. The fourth-order valence-electron chi connectivity index (χ4n) is 1.00. The molecular formula is C8H18N2O4S2. The largest absolute Gasteiger partial charge is 0.480 e. The van der Waals surface area contributed by atoms with Gasteiger partial charge >= 0.3 is 5.97 Å². The summed E-state index contributed by atoms with van der Waals surface area (Å²) in [6, 6.07) is -1.35. The van der Waals surface area contributed by atoms with Crippen molar-refractivity contribution in [3.63, 3.8) is 0 Å². The van der Waals surface area contributed by atoms with Gasteiger partial charge in [0.15, 0.2) is 0 Å². The van der Waals surface area contributed by atoms with E-state index in [4.69, 9.17) is 5.11 Å². The average Bonchev–Trinajstić information content (AvgIpc) is 2.09. The molecule has 8 heteroatoms. The molecule has 1 atom stereocenters. The molecular weight excluding hydrogens is 252 g/mol. The van der Waals surface area contributed by atoms with E-state index in [1.165, 1.54) is 11.8 Å². The van der Waals surface area contributed by atoms with E-state index in [1.807, 2.05) is 6.26 Å². The quantitative estimate of drug-likeness (QED) is 0.578. The van der Waals surface area contributed by atoms with E-state index in [0.717, 1.165) is 0 Å². The van der Waals surface area contributed by atoms with Gasteiger partial charge in [-0.05, 0) is 32.3 Å². The number of nitrogens with one attached hydrogen (secondary N) is 2. The molecule has 0 saturated heterocycles. The molecule has 0 saturated carbocycles. The molecule has 3 N–H and O–H groups in total. The highest BCUT2D eigenvalue weighted by Gasteiger charge is 2.23. The highest BCUT2D eigenvalue weighted by atomic mass is 32.2. The van der Waals surface area contributed by atoms with Gasteiger partial charge in [-0.15, -0.1) is 0 Å². The minimum Gasteiger partial charge on any atom is -0.480 e. The molecule has 0 aliphatic rings. The number of hydrogen-bond donors (Lipinski definition) is 3. The molecule has 96 valence electrons. The lowest BCUT2D eigenvalue weighted by molar-refractivity contribution is -0.139. The first kappa shape index (κ1) is 15.7. The lowest BCUT2D eigenvalue weighted by atomic mass is 10.2. The first-order valence-electron chi connectivity index (χ1n) is 4.80. The molecule has 0 aliphatic heterocycles. The van der Waals surface area contributed by atoms with Crippen molar-refractivity contribution in [1.82, 2.24) is 9.44 Å². The Balaban J connectivity index is 4.44. The number of carbonyl (C=O) groups is 1. The van der Waals surface area contributed by atoms with E-state index in [2.05, 4.69) is 9.44 Å². The van der Waals surface area contributed by atoms with Crippen molar-refractivity contribution in [2.24, 2.45) is 0 Å². The van der Waals surface area contributed by atoms with Crippen LogP contribution in [0.1, 0.15) is 20.3 Å². The molecule has 0 amide bonds. The van der Waals surface area contributed by atoms with Crippen LogP contribution in [-0.2, 0) is 15.0 Å². The maximum atomic E-state index is 11.4. The standard InChI is InChI=1S/C8H18N2O4S2/c1-6(2)9-16(13,14)10-7(8(11)12)4-5-15-3/h6-7,9-10H,4-5H2,1-3H3,(H,11,12)/t7-/m1/s1. The Bertz CT molecular complexity index is 316. The molecule has 0 spiro atoms. The lowest BCUT2D eigenvalue weighted by Crippen LogP contribution is -2.48. The Morgan fingerprint density at radius 2 is 1.94 bits per heavy atom. The molecule has 6 nitrogen and oxygen atoms in total. The van der Waals surface area contributed by atoms with Crippen LogP contribution < -0.4 is 9.44 Å². The summed E-state index contributed by atoms with van der Waals surface area (Å²) in [7, 11) is -3.75. The van der Waals surface area contributed by atoms with E-state index in [1.54, 1.807) is 13.8 Å². The second kappa shape index (κ2) is 7.10. The second-order valence-electron chi connectivity index (χ2n) is 3.57. The Labute approximate surface area is 100 Å². The molecule has 16 heavy (non-hydrogen) atoms. The topological polar surface area (TPSA) is 95.5 Å². The Hall–Kier alpha value is -0.310. The second-order valence-corrected chi connectivity index (χ2v) is 6.03. The summed E-state index contributed by atoms with van der Waals surface area (Å²) in [4.78, 5) is 10.8. The summed E-state index contributed by atoms with van der Waals surface area (Å²) < 4.78 is 27.2. The summed E-state index contributed by atoms with van der Waals surface area (Å²) in [6.07, 6.45) is 2.09. The van der Waals surface area contributed by atoms with Crippen LogP contribution in [0, 0.1) is 0 Å². The smallest absolute Gasteiger partial charge is 0.321 e. The normalized spacial score (nSPS) is 14.0. The number of thioether (sulfide) groups is 1. The highest BCUT2D eigenvalue weighted by Crippen LogP contribution is 2.02. The molecule has 0 fully saturated rings. The molecule has 0 aromatic heterocycles. The van der Waals surface area contributed by atoms with Gasteiger partial charge in [-0.25, -0.2) is 0 Å². The molecule has 0 bridgehead atoms. The van der Waals surface area contributed by atoms with Gasteiger partial charge in [-0.1, -0.05) is 0 Å². The molecule has 0 unspecified atom stereocenters. The van der Waals surface area contributed by atoms with Crippen molar-refractivity contribution in [2.45, 2.75) is 32.4 Å². The third-order valence-corrected chi connectivity index (χ3v) is 3.62. The SMILES string of the molecule is CSCC[C@@H](NS(=O)(=O)NC(C)C)C(=O)O. The summed E-state index contributed by atoms with van der Waals surface area (Å²) in [5.41, 5.74) is 0. The van der Waals surface area contributed by atoms with Crippen molar-refractivity contribution < 1.29 is 18.3 Å². The maximum absolute atomic E-state index is 11.4. The molecule has 0 radical (unpaired) electrons. The Kier molecular flexibility index (Phi) is 6.96. The van der Waals surface area contributed by atoms with E-state index >= 15 is 0 Å². The van der Waals surface area contributed by atoms with Crippen LogP contribution in [0.15, 0.2) is 0 Å². The monoisotopic (exact) mass is 270 g/mol. The van der Waals surface area contributed by atoms with E-state index < -0.39 is 22.2 Å². The number of carboxylic acids is 1. The predicted octanol–water partition coefficient (Wildman–Crippen LogP) is 0.0251. The Morgan fingerprint density at radius 3 is 2.31 bits per heavy atom. The van der Waals surface area contributed by atoms with Crippen molar-refractivity contribution >= 4 is 27.9 Å². The van der Waals surface area contributed by atoms with Gasteiger partial charge in [0.25, 0.3) is 10.2 Å². The summed E-state index contributed by atoms with van der Waals surface area (Å²) in [5.74, 6) is -0.579. The zero-order valence-corrected chi connectivity index (χ0v) is 11.2. The first-order chi connectivity index (χ1) is 7.28. The van der Waals surface area contributed by atoms with Gasteiger partial charge in [0, 0.05) is 6.04 Å². The number of hydrogen-bond acceptors (Lipinski definition) is 4. The van der Waals surface area contributed by atoms with Crippen LogP contribution in [0.4, 0.5) is 0 Å². The van der Waals surface area contributed by atoms with Gasteiger partial charge < -0.3 is 5.11 Å². The Morgan fingerprint density at radius 1 is 1.38 bits per heavy atom. The van der Waals surface area contributed by atoms with Crippen molar-refractivity contribution in [1.29, 1.82) is 0 Å².